The van der Waals surface area contributed by atoms with E-state index in [1.807, 2.05) is 7.11 Å². The molecule has 4 saturated carbocycles. The summed E-state index contributed by atoms with van der Waals surface area (Å²) in [6.45, 7) is 11.1. The zero-order valence-corrected chi connectivity index (χ0v) is 17.5. The molecule has 1 nitrogen and oxygen atoms in total. The molecule has 4 fully saturated rings. The Balaban J connectivity index is 1.50. The second-order valence-electron chi connectivity index (χ2n) is 11.4. The van der Waals surface area contributed by atoms with Crippen molar-refractivity contribution in [2.45, 2.75) is 85.5 Å². The highest BCUT2D eigenvalue weighted by molar-refractivity contribution is 5.07. The molecule has 0 aliphatic heterocycles. The first-order chi connectivity index (χ1) is 11.9. The average molecular weight is 347 g/mol. The van der Waals surface area contributed by atoms with Crippen molar-refractivity contribution in [1.29, 1.82) is 0 Å². The van der Waals surface area contributed by atoms with E-state index in [1.165, 1.54) is 38.5 Å². The van der Waals surface area contributed by atoms with Gasteiger partial charge in [0.1, 0.15) is 0 Å². The molecule has 0 spiro atoms. The first-order valence-electron chi connectivity index (χ1n) is 11.4. The first kappa shape index (κ1) is 18.3. The van der Waals surface area contributed by atoms with Crippen LogP contribution in [0.2, 0.25) is 0 Å². The maximum atomic E-state index is 5.57. The van der Waals surface area contributed by atoms with Gasteiger partial charge in [-0.25, -0.2) is 0 Å². The Labute approximate surface area is 156 Å². The summed E-state index contributed by atoms with van der Waals surface area (Å²) in [5.41, 5.74) is 1.13. The predicted octanol–water partition coefficient (Wildman–Crippen LogP) is 6.56. The molecular weight excluding hydrogens is 304 g/mol. The van der Waals surface area contributed by atoms with E-state index in [4.69, 9.17) is 4.74 Å². The SMILES string of the molecule is COCC1(C)CC[C@H]2[C@@H](CC[C@@H]3[C@@H]2CC[C@]2(C)C(C(C)C)CC[C@@H]32)C1. The molecule has 8 atom stereocenters. The van der Waals surface area contributed by atoms with Gasteiger partial charge in [0.15, 0.2) is 0 Å². The third-order valence-electron chi connectivity index (χ3n) is 9.73. The first-order valence-corrected chi connectivity index (χ1v) is 11.4. The number of ether oxygens (including phenoxy) is 1. The highest BCUT2D eigenvalue weighted by Gasteiger charge is 2.57. The lowest BCUT2D eigenvalue weighted by atomic mass is 9.48. The van der Waals surface area contributed by atoms with Crippen molar-refractivity contribution in [2.24, 2.45) is 52.3 Å². The van der Waals surface area contributed by atoms with Crippen molar-refractivity contribution in [3.05, 3.63) is 0 Å². The Morgan fingerprint density at radius 3 is 2.36 bits per heavy atom. The van der Waals surface area contributed by atoms with Crippen LogP contribution in [0.25, 0.3) is 0 Å². The van der Waals surface area contributed by atoms with Crippen LogP contribution in [-0.4, -0.2) is 13.7 Å². The summed E-state index contributed by atoms with van der Waals surface area (Å²) in [7, 11) is 1.89. The van der Waals surface area contributed by atoms with Gasteiger partial charge in [-0.3, -0.25) is 0 Å². The van der Waals surface area contributed by atoms with E-state index in [9.17, 15) is 0 Å². The second-order valence-corrected chi connectivity index (χ2v) is 11.4. The van der Waals surface area contributed by atoms with Crippen molar-refractivity contribution in [1.82, 2.24) is 0 Å². The van der Waals surface area contributed by atoms with E-state index in [2.05, 4.69) is 27.7 Å². The molecule has 0 aromatic rings. The summed E-state index contributed by atoms with van der Waals surface area (Å²) >= 11 is 0. The molecule has 0 heterocycles. The van der Waals surface area contributed by atoms with Crippen LogP contribution in [0.3, 0.4) is 0 Å². The average Bonchev–Trinajstić information content (AvgIpc) is 2.91. The molecule has 4 aliphatic carbocycles. The number of hydrogen-bond acceptors (Lipinski definition) is 1. The minimum absolute atomic E-state index is 0.460. The smallest absolute Gasteiger partial charge is 0.0516 e. The van der Waals surface area contributed by atoms with Crippen molar-refractivity contribution in [2.75, 3.05) is 13.7 Å². The summed E-state index contributed by atoms with van der Waals surface area (Å²) in [5.74, 6) is 7.10. The van der Waals surface area contributed by atoms with Crippen molar-refractivity contribution >= 4 is 0 Å². The Morgan fingerprint density at radius 2 is 1.64 bits per heavy atom. The van der Waals surface area contributed by atoms with E-state index in [-0.39, 0.29) is 0 Å². The molecular formula is C24H42O. The standard InChI is InChI=1S/C24H42O/c1-16(2)21-8-9-22-20-7-6-17-14-23(3,15-25-5)12-10-18(17)19(20)11-13-24(21,22)4/h16-22H,6-15H2,1-5H3/t17-,18-,19+,20+,21?,22-,23?,24+/m0/s1. The monoisotopic (exact) mass is 346 g/mol. The molecule has 0 amide bonds. The lowest BCUT2D eigenvalue weighted by Gasteiger charge is -2.57. The molecule has 25 heavy (non-hydrogen) atoms. The van der Waals surface area contributed by atoms with E-state index in [0.29, 0.717) is 10.8 Å². The van der Waals surface area contributed by atoms with Crippen LogP contribution in [0.1, 0.15) is 85.5 Å². The van der Waals surface area contributed by atoms with Gasteiger partial charge >= 0.3 is 0 Å². The molecule has 1 heteroatoms. The Hall–Kier alpha value is -0.0400. The molecule has 0 N–H and O–H groups in total. The van der Waals surface area contributed by atoms with Gasteiger partial charge < -0.3 is 4.74 Å². The van der Waals surface area contributed by atoms with Crippen molar-refractivity contribution < 1.29 is 4.74 Å². The highest BCUT2D eigenvalue weighted by Crippen LogP contribution is 2.66. The molecule has 0 bridgehead atoms. The summed E-state index contributed by atoms with van der Waals surface area (Å²) in [4.78, 5) is 0. The zero-order valence-electron chi connectivity index (χ0n) is 17.5. The van der Waals surface area contributed by atoms with Gasteiger partial charge in [-0.15, -0.1) is 0 Å². The van der Waals surface area contributed by atoms with Crippen LogP contribution >= 0.6 is 0 Å². The molecule has 0 aromatic carbocycles. The lowest BCUT2D eigenvalue weighted by Crippen LogP contribution is -2.50. The topological polar surface area (TPSA) is 9.23 Å². The largest absolute Gasteiger partial charge is 0.384 e. The van der Waals surface area contributed by atoms with Crippen LogP contribution in [-0.2, 0) is 4.74 Å². The Kier molecular flexibility index (Phi) is 4.79. The summed E-state index contributed by atoms with van der Waals surface area (Å²) in [6.07, 6.45) is 13.5. The quantitative estimate of drug-likeness (QED) is 0.562. The van der Waals surface area contributed by atoms with Gasteiger partial charge in [-0.2, -0.15) is 0 Å². The third-order valence-corrected chi connectivity index (χ3v) is 9.73. The van der Waals surface area contributed by atoms with Gasteiger partial charge in [0.05, 0.1) is 6.61 Å². The minimum atomic E-state index is 0.460. The molecule has 144 valence electrons. The fourth-order valence-electron chi connectivity index (χ4n) is 8.80. The summed E-state index contributed by atoms with van der Waals surface area (Å²) < 4.78 is 5.57. The summed E-state index contributed by atoms with van der Waals surface area (Å²) in [6, 6.07) is 0. The van der Waals surface area contributed by atoms with Crippen molar-refractivity contribution in [3.8, 4) is 0 Å². The van der Waals surface area contributed by atoms with Crippen LogP contribution in [0.4, 0.5) is 0 Å². The number of methoxy groups -OCH3 is 1. The molecule has 4 aliphatic rings. The molecule has 0 radical (unpaired) electrons. The van der Waals surface area contributed by atoms with Crippen LogP contribution < -0.4 is 0 Å². The third kappa shape index (κ3) is 2.91. The summed E-state index contributed by atoms with van der Waals surface area (Å²) in [5, 5.41) is 0. The fourth-order valence-corrected chi connectivity index (χ4v) is 8.80. The van der Waals surface area contributed by atoms with E-state index in [1.54, 1.807) is 19.3 Å². The number of fused-ring (bicyclic) bond motifs is 5. The van der Waals surface area contributed by atoms with E-state index < -0.39 is 0 Å². The Morgan fingerprint density at radius 1 is 0.880 bits per heavy atom. The maximum absolute atomic E-state index is 5.57. The van der Waals surface area contributed by atoms with Gasteiger partial charge in [-0.1, -0.05) is 27.7 Å². The minimum Gasteiger partial charge on any atom is -0.384 e. The Bertz CT molecular complexity index is 484. The van der Waals surface area contributed by atoms with Gasteiger partial charge in [0.2, 0.25) is 0 Å². The highest BCUT2D eigenvalue weighted by atomic mass is 16.5. The lowest BCUT2D eigenvalue weighted by molar-refractivity contribution is -0.0895. The van der Waals surface area contributed by atoms with Gasteiger partial charge in [0.25, 0.3) is 0 Å². The fraction of sp³-hybridized carbons (Fsp3) is 1.00. The van der Waals surface area contributed by atoms with Crippen LogP contribution in [0, 0.1) is 52.3 Å². The van der Waals surface area contributed by atoms with Crippen LogP contribution in [0.15, 0.2) is 0 Å². The van der Waals surface area contributed by atoms with E-state index in [0.717, 1.165) is 48.0 Å². The predicted molar refractivity (Wildman–Crippen MR) is 105 cm³/mol. The molecule has 2 unspecified atom stereocenters. The van der Waals surface area contributed by atoms with Crippen LogP contribution in [0.5, 0.6) is 0 Å². The number of rotatable bonds is 3. The molecule has 0 aromatic heterocycles. The van der Waals surface area contributed by atoms with E-state index >= 15 is 0 Å². The number of hydrogen-bond donors (Lipinski definition) is 0. The van der Waals surface area contributed by atoms with Gasteiger partial charge in [-0.05, 0) is 110 Å². The molecule has 0 saturated heterocycles. The normalized spacial score (nSPS) is 52.6. The molecule has 4 rings (SSSR count). The van der Waals surface area contributed by atoms with Crippen molar-refractivity contribution in [3.63, 3.8) is 0 Å². The maximum Gasteiger partial charge on any atom is 0.0516 e. The second kappa shape index (κ2) is 6.54. The van der Waals surface area contributed by atoms with Gasteiger partial charge in [0, 0.05) is 7.11 Å². The zero-order chi connectivity index (χ0) is 17.8.